The maximum atomic E-state index is 13.9. The third kappa shape index (κ3) is 5.70. The van der Waals surface area contributed by atoms with Crippen LogP contribution in [-0.4, -0.2) is 66.5 Å². The van der Waals surface area contributed by atoms with Crippen LogP contribution < -0.4 is 25.8 Å². The molecule has 4 N–H and O–H groups in total. The molecule has 3 aromatic carbocycles. The zero-order valence-electron chi connectivity index (χ0n) is 24.1. The van der Waals surface area contributed by atoms with Crippen LogP contribution in [0.3, 0.4) is 0 Å². The van der Waals surface area contributed by atoms with E-state index in [-0.39, 0.29) is 50.1 Å². The van der Waals surface area contributed by atoms with E-state index in [0.717, 1.165) is 20.8 Å². The summed E-state index contributed by atoms with van der Waals surface area (Å²) in [6.07, 6.45) is 0.563. The Kier molecular flexibility index (Phi) is 8.44. The molecular weight excluding hydrogens is 602 g/mol. The summed E-state index contributed by atoms with van der Waals surface area (Å²) in [6, 6.07) is 18.4. The summed E-state index contributed by atoms with van der Waals surface area (Å²) in [5.41, 5.74) is 7.20. The highest BCUT2D eigenvalue weighted by Crippen LogP contribution is 2.42. The number of rotatable bonds is 8. The number of likely N-dealkylation sites (tertiary alicyclic amines) is 1. The molecule has 0 aliphatic carbocycles. The van der Waals surface area contributed by atoms with Crippen molar-refractivity contribution < 1.29 is 23.9 Å². The summed E-state index contributed by atoms with van der Waals surface area (Å²) in [5.74, 6) is -0.221. The number of thiazole rings is 1. The third-order valence-electron chi connectivity index (χ3n) is 8.06. The first-order chi connectivity index (χ1) is 21.3. The molecule has 12 heteroatoms. The van der Waals surface area contributed by atoms with Crippen molar-refractivity contribution in [1.82, 2.24) is 15.2 Å². The van der Waals surface area contributed by atoms with E-state index in [1.54, 1.807) is 30.1 Å². The summed E-state index contributed by atoms with van der Waals surface area (Å²) in [6.45, 7) is 1.26. The first kappa shape index (κ1) is 29.9. The SMILES string of the molecule is CNC(=O)C1(Oc2ccccc2-c2nc3cccc(Cl)c3s2)CCN(C(=O)[C@H]2CC(=O)Nc3ccc(OCCN)cc32)CC1. The predicted molar refractivity (Wildman–Crippen MR) is 170 cm³/mol. The number of hydrogen-bond donors (Lipinski definition) is 3. The number of fused-ring (bicyclic) bond motifs is 2. The Bertz CT molecular complexity index is 1740. The van der Waals surface area contributed by atoms with Gasteiger partial charge in [-0.25, -0.2) is 4.98 Å². The molecule has 228 valence electrons. The number of halogens is 1. The van der Waals surface area contributed by atoms with E-state index in [1.165, 1.54) is 11.3 Å². The Morgan fingerprint density at radius 1 is 1.16 bits per heavy atom. The van der Waals surface area contributed by atoms with Gasteiger partial charge in [-0.15, -0.1) is 11.3 Å². The first-order valence-corrected chi connectivity index (χ1v) is 15.6. The standard InChI is InChI=1S/C32H32ClN5O5S/c1-35-31(41)32(43-26-8-3-2-5-20(26)29-37-25-7-4-6-23(33)28(25)44-29)11-14-38(15-12-32)30(40)22-18-27(39)36-24-10-9-19(17-21(22)24)42-16-13-34/h2-10,17,22H,11-16,18,34H2,1H3,(H,35,41)(H,36,39)/t22-/m0/s1. The fourth-order valence-electron chi connectivity index (χ4n) is 5.81. The van der Waals surface area contributed by atoms with Crippen LogP contribution in [0, 0.1) is 0 Å². The molecular formula is C32H32ClN5O5S. The van der Waals surface area contributed by atoms with Crippen LogP contribution in [0.15, 0.2) is 60.7 Å². The number of anilines is 1. The molecule has 1 saturated heterocycles. The molecule has 10 nitrogen and oxygen atoms in total. The van der Waals surface area contributed by atoms with Gasteiger partial charge in [0.05, 0.1) is 26.7 Å². The van der Waals surface area contributed by atoms with E-state index >= 15 is 0 Å². The number of nitrogens with one attached hydrogen (secondary N) is 2. The number of nitrogens with zero attached hydrogens (tertiary/aromatic N) is 2. The Hall–Kier alpha value is -4.19. The van der Waals surface area contributed by atoms with Crippen molar-refractivity contribution in [3.63, 3.8) is 0 Å². The minimum atomic E-state index is -1.21. The van der Waals surface area contributed by atoms with Gasteiger partial charge in [-0.3, -0.25) is 14.4 Å². The number of carbonyl (C=O) groups excluding carboxylic acids is 3. The maximum absolute atomic E-state index is 13.9. The summed E-state index contributed by atoms with van der Waals surface area (Å²) < 4.78 is 13.2. The van der Waals surface area contributed by atoms with Crippen LogP contribution in [0.1, 0.15) is 30.7 Å². The average Bonchev–Trinajstić information content (AvgIpc) is 3.49. The highest BCUT2D eigenvalue weighted by molar-refractivity contribution is 7.22. The van der Waals surface area contributed by atoms with E-state index in [9.17, 15) is 14.4 Å². The van der Waals surface area contributed by atoms with Crippen LogP contribution in [-0.2, 0) is 14.4 Å². The van der Waals surface area contributed by atoms with Gasteiger partial charge in [-0.2, -0.15) is 0 Å². The Labute approximate surface area is 263 Å². The van der Waals surface area contributed by atoms with Crippen molar-refractivity contribution in [2.45, 2.75) is 30.8 Å². The monoisotopic (exact) mass is 633 g/mol. The minimum Gasteiger partial charge on any atom is -0.492 e. The summed E-state index contributed by atoms with van der Waals surface area (Å²) in [7, 11) is 1.58. The van der Waals surface area contributed by atoms with Crippen LogP contribution in [0.25, 0.3) is 20.8 Å². The Morgan fingerprint density at radius 3 is 2.70 bits per heavy atom. The number of ether oxygens (including phenoxy) is 2. The molecule has 1 fully saturated rings. The molecule has 0 unspecified atom stereocenters. The fraction of sp³-hybridized carbons (Fsp3) is 0.312. The van der Waals surface area contributed by atoms with Gasteiger partial charge in [0, 0.05) is 51.6 Å². The van der Waals surface area contributed by atoms with Gasteiger partial charge < -0.3 is 30.7 Å². The summed E-state index contributed by atoms with van der Waals surface area (Å²) in [5, 5.41) is 6.96. The molecule has 1 atom stereocenters. The molecule has 2 aliphatic heterocycles. The molecule has 2 aliphatic rings. The lowest BCUT2D eigenvalue weighted by atomic mass is 9.86. The number of aromatic nitrogens is 1. The molecule has 44 heavy (non-hydrogen) atoms. The number of carbonyl (C=O) groups is 3. The fourth-order valence-corrected chi connectivity index (χ4v) is 7.10. The second kappa shape index (κ2) is 12.4. The molecule has 3 amide bonds. The van der Waals surface area contributed by atoms with Gasteiger partial charge in [-0.05, 0) is 48.0 Å². The van der Waals surface area contributed by atoms with Crippen LogP contribution in [0.5, 0.6) is 11.5 Å². The van der Waals surface area contributed by atoms with Crippen molar-refractivity contribution in [1.29, 1.82) is 0 Å². The number of amides is 3. The van der Waals surface area contributed by atoms with E-state index in [1.807, 2.05) is 42.5 Å². The second-order valence-electron chi connectivity index (χ2n) is 10.8. The number of nitrogens with two attached hydrogens (primary N) is 1. The van der Waals surface area contributed by atoms with Gasteiger partial charge in [0.1, 0.15) is 23.1 Å². The third-order valence-corrected chi connectivity index (χ3v) is 9.62. The van der Waals surface area contributed by atoms with Crippen molar-refractivity contribution in [2.75, 3.05) is 38.6 Å². The Morgan fingerprint density at radius 2 is 1.95 bits per heavy atom. The number of hydrogen-bond acceptors (Lipinski definition) is 8. The quantitative estimate of drug-likeness (QED) is 0.259. The lowest BCUT2D eigenvalue weighted by Crippen LogP contribution is -2.58. The first-order valence-electron chi connectivity index (χ1n) is 14.4. The number of likely N-dealkylation sites (N-methyl/N-ethyl adjacent to an activating group) is 1. The molecule has 0 saturated carbocycles. The number of para-hydroxylation sites is 1. The average molecular weight is 634 g/mol. The number of piperidine rings is 1. The summed E-state index contributed by atoms with van der Waals surface area (Å²) >= 11 is 7.88. The van der Waals surface area contributed by atoms with E-state index < -0.39 is 11.5 Å². The summed E-state index contributed by atoms with van der Waals surface area (Å²) in [4.78, 5) is 46.3. The molecule has 0 spiro atoms. The van der Waals surface area contributed by atoms with E-state index in [4.69, 9.17) is 31.8 Å². The highest BCUT2D eigenvalue weighted by atomic mass is 35.5. The Balaban J connectivity index is 1.24. The zero-order valence-corrected chi connectivity index (χ0v) is 25.7. The molecule has 3 heterocycles. The minimum absolute atomic E-state index is 0.0271. The molecule has 4 aromatic rings. The highest BCUT2D eigenvalue weighted by Gasteiger charge is 2.46. The number of benzene rings is 3. The van der Waals surface area contributed by atoms with Crippen LogP contribution in [0.2, 0.25) is 5.02 Å². The topological polar surface area (TPSA) is 136 Å². The van der Waals surface area contributed by atoms with Gasteiger partial charge in [0.2, 0.25) is 11.8 Å². The van der Waals surface area contributed by atoms with Crippen molar-refractivity contribution in [3.8, 4) is 22.1 Å². The largest absolute Gasteiger partial charge is 0.492 e. The zero-order chi connectivity index (χ0) is 30.8. The van der Waals surface area contributed by atoms with Crippen molar-refractivity contribution in [3.05, 3.63) is 71.2 Å². The van der Waals surface area contributed by atoms with E-state index in [2.05, 4.69) is 10.6 Å². The van der Waals surface area contributed by atoms with E-state index in [0.29, 0.717) is 40.9 Å². The van der Waals surface area contributed by atoms with Crippen molar-refractivity contribution >= 4 is 56.6 Å². The normalized spacial score (nSPS) is 17.5. The van der Waals surface area contributed by atoms with Crippen molar-refractivity contribution in [2.24, 2.45) is 5.73 Å². The molecule has 6 rings (SSSR count). The molecule has 0 bridgehead atoms. The second-order valence-corrected chi connectivity index (χ2v) is 12.2. The van der Waals surface area contributed by atoms with Crippen LogP contribution >= 0.6 is 22.9 Å². The van der Waals surface area contributed by atoms with Crippen LogP contribution in [0.4, 0.5) is 5.69 Å². The van der Waals surface area contributed by atoms with Gasteiger partial charge in [0.15, 0.2) is 5.60 Å². The lowest BCUT2D eigenvalue weighted by molar-refractivity contribution is -0.147. The smallest absolute Gasteiger partial charge is 0.264 e. The van der Waals surface area contributed by atoms with Gasteiger partial charge in [-0.1, -0.05) is 29.8 Å². The predicted octanol–water partition coefficient (Wildman–Crippen LogP) is 4.57. The molecule has 0 radical (unpaired) electrons. The van der Waals surface area contributed by atoms with Gasteiger partial charge in [0.25, 0.3) is 5.91 Å². The van der Waals surface area contributed by atoms with Gasteiger partial charge >= 0.3 is 0 Å². The maximum Gasteiger partial charge on any atom is 0.264 e. The molecule has 1 aromatic heterocycles. The lowest BCUT2D eigenvalue weighted by Gasteiger charge is -2.42.